The van der Waals surface area contributed by atoms with Crippen LogP contribution < -0.4 is 0 Å². The molecule has 0 amide bonds. The maximum absolute atomic E-state index is 13.9. The topological polar surface area (TPSA) is 154 Å². The van der Waals surface area contributed by atoms with Crippen LogP contribution in [0, 0.1) is 40.9 Å². The van der Waals surface area contributed by atoms with Crippen LogP contribution in [0.5, 0.6) is 0 Å². The summed E-state index contributed by atoms with van der Waals surface area (Å²) in [5.41, 5.74) is 0.933. The molecule has 3 rings (SSSR count). The fraction of sp³-hybridized carbons (Fsp3) is 0.818. The number of aliphatic hydroxyl groups is 5. The Hall–Kier alpha value is -1.46. The zero-order valence-corrected chi connectivity index (χ0v) is 26.3. The number of hydrogen-bond acceptors (Lipinski definition) is 9. The second kappa shape index (κ2) is 14.5. The molecule has 2 aliphatic carbocycles. The monoisotopic (exact) mass is 594 g/mol. The van der Waals surface area contributed by atoms with E-state index in [4.69, 9.17) is 9.47 Å². The molecule has 1 aliphatic heterocycles. The van der Waals surface area contributed by atoms with Crippen LogP contribution >= 0.6 is 0 Å². The summed E-state index contributed by atoms with van der Waals surface area (Å²) in [5.74, 6) is 0.0925. The third kappa shape index (κ3) is 6.93. The molecule has 0 aromatic heterocycles. The third-order valence-electron chi connectivity index (χ3n) is 10.5. The summed E-state index contributed by atoms with van der Waals surface area (Å²) >= 11 is 0. The highest BCUT2D eigenvalue weighted by atomic mass is 16.7. The average Bonchev–Trinajstić information content (AvgIpc) is 2.93. The molecule has 1 saturated carbocycles. The van der Waals surface area contributed by atoms with Crippen molar-refractivity contribution in [3.63, 3.8) is 0 Å². The number of hydrogen-bond donors (Lipinski definition) is 5. The summed E-state index contributed by atoms with van der Waals surface area (Å²) in [6.07, 6.45) is -1.20. The Bertz CT molecular complexity index is 992. The van der Waals surface area contributed by atoms with Crippen LogP contribution in [0.3, 0.4) is 0 Å². The molecule has 3 aliphatic rings. The van der Waals surface area contributed by atoms with Crippen LogP contribution in [-0.2, 0) is 19.1 Å². The lowest BCUT2D eigenvalue weighted by Crippen LogP contribution is -2.60. The average molecular weight is 595 g/mol. The van der Waals surface area contributed by atoms with Crippen LogP contribution in [0.2, 0.25) is 0 Å². The molecule has 42 heavy (non-hydrogen) atoms. The Labute approximate surface area is 251 Å². The summed E-state index contributed by atoms with van der Waals surface area (Å²) in [7, 11) is 0. The number of allylic oxidation sites excluding steroid dienone is 3. The van der Waals surface area contributed by atoms with Gasteiger partial charge in [0.25, 0.3) is 0 Å². The van der Waals surface area contributed by atoms with Crippen molar-refractivity contribution in [2.45, 2.75) is 123 Å². The Morgan fingerprint density at radius 3 is 2.45 bits per heavy atom. The molecule has 240 valence electrons. The van der Waals surface area contributed by atoms with E-state index in [2.05, 4.69) is 19.9 Å². The number of carbonyl (C=O) groups is 2. The summed E-state index contributed by atoms with van der Waals surface area (Å²) in [4.78, 5) is 25.6. The fourth-order valence-corrected chi connectivity index (χ4v) is 8.42. The highest BCUT2D eigenvalue weighted by Gasteiger charge is 2.56. The molecule has 1 saturated heterocycles. The lowest BCUT2D eigenvalue weighted by atomic mass is 9.48. The van der Waals surface area contributed by atoms with E-state index in [1.165, 1.54) is 0 Å². The molecule has 0 spiro atoms. The van der Waals surface area contributed by atoms with E-state index in [-0.39, 0.29) is 35.9 Å². The van der Waals surface area contributed by atoms with Gasteiger partial charge >= 0.3 is 0 Å². The van der Waals surface area contributed by atoms with Crippen LogP contribution in [0.4, 0.5) is 0 Å². The van der Waals surface area contributed by atoms with Gasteiger partial charge in [-0.2, -0.15) is 0 Å². The smallest absolute Gasteiger partial charge is 0.186 e. The fourth-order valence-electron chi connectivity index (χ4n) is 8.42. The number of rotatable bonds is 12. The van der Waals surface area contributed by atoms with Crippen molar-refractivity contribution in [1.29, 1.82) is 0 Å². The van der Waals surface area contributed by atoms with Gasteiger partial charge in [-0.1, -0.05) is 52.3 Å². The molecule has 1 heterocycles. The van der Waals surface area contributed by atoms with Crippen molar-refractivity contribution in [3.8, 4) is 0 Å². The van der Waals surface area contributed by atoms with E-state index >= 15 is 0 Å². The summed E-state index contributed by atoms with van der Waals surface area (Å²) in [6, 6.07) is 0. The second-order valence-corrected chi connectivity index (χ2v) is 13.6. The number of carbonyl (C=O) groups excluding carboxylic acids is 2. The Morgan fingerprint density at radius 2 is 1.86 bits per heavy atom. The molecular formula is C33H54O9. The van der Waals surface area contributed by atoms with Gasteiger partial charge in [-0.05, 0) is 74.7 Å². The minimum atomic E-state index is -1.61. The van der Waals surface area contributed by atoms with Crippen LogP contribution in [0.25, 0.3) is 0 Å². The van der Waals surface area contributed by atoms with Gasteiger partial charge in [-0.15, -0.1) is 0 Å². The molecule has 0 aromatic rings. The quantitative estimate of drug-likeness (QED) is 0.130. The standard InChI is InChI=1S/C33H54O9/c1-8-9-18(3)28(37)21(6)24(41-32-31(40)30(39)29(38)25(16-35)42-32)15-23-19(4)14-22-13-17(2)12-20(5)27(22)33(23,7)26(36)10-11-34/h9,11,14,17,20-25,27-32,35,37-40H,8,10,12-13,15-16H2,1-7H3. The van der Waals surface area contributed by atoms with E-state index in [1.807, 2.05) is 40.7 Å². The van der Waals surface area contributed by atoms with Crippen molar-refractivity contribution in [1.82, 2.24) is 0 Å². The molecule has 0 bridgehead atoms. The molecule has 0 radical (unpaired) electrons. The van der Waals surface area contributed by atoms with Crippen molar-refractivity contribution >= 4 is 12.1 Å². The number of ether oxygens (including phenoxy) is 2. The molecular weight excluding hydrogens is 540 g/mol. The Morgan fingerprint density at radius 1 is 1.19 bits per heavy atom. The third-order valence-corrected chi connectivity index (χ3v) is 10.5. The van der Waals surface area contributed by atoms with Gasteiger partial charge < -0.3 is 39.8 Å². The van der Waals surface area contributed by atoms with Gasteiger partial charge in [0.2, 0.25) is 0 Å². The maximum atomic E-state index is 13.9. The van der Waals surface area contributed by atoms with E-state index in [1.54, 1.807) is 0 Å². The van der Waals surface area contributed by atoms with Crippen molar-refractivity contribution in [3.05, 3.63) is 23.3 Å². The highest BCUT2D eigenvalue weighted by Crippen LogP contribution is 2.58. The molecule has 2 fully saturated rings. The zero-order valence-electron chi connectivity index (χ0n) is 26.3. The van der Waals surface area contributed by atoms with E-state index < -0.39 is 60.9 Å². The SMILES string of the molecule is CCC=C(C)C(O)C(C)C(CC1C(C)=CC2CC(C)CC(C)C2C1(C)C(=O)CC=O)OC1OC(CO)C(O)C(O)C1O. The predicted molar refractivity (Wildman–Crippen MR) is 158 cm³/mol. The Kier molecular flexibility index (Phi) is 12.1. The van der Waals surface area contributed by atoms with Gasteiger partial charge in [-0.3, -0.25) is 4.79 Å². The minimum absolute atomic E-state index is 0.0321. The second-order valence-electron chi connectivity index (χ2n) is 13.6. The van der Waals surface area contributed by atoms with Crippen molar-refractivity contribution in [2.75, 3.05) is 6.61 Å². The first-order valence-corrected chi connectivity index (χ1v) is 15.7. The lowest BCUT2D eigenvalue weighted by molar-refractivity contribution is -0.317. The molecule has 14 atom stereocenters. The minimum Gasteiger partial charge on any atom is -0.394 e. The molecule has 9 heteroatoms. The lowest BCUT2D eigenvalue weighted by Gasteiger charge is -2.55. The zero-order chi connectivity index (χ0) is 31.5. The first-order chi connectivity index (χ1) is 19.7. The maximum Gasteiger partial charge on any atom is 0.186 e. The summed E-state index contributed by atoms with van der Waals surface area (Å²) in [6.45, 7) is 13.5. The highest BCUT2D eigenvalue weighted by molar-refractivity contribution is 5.94. The van der Waals surface area contributed by atoms with Gasteiger partial charge in [0.05, 0.1) is 25.2 Å². The molecule has 9 nitrogen and oxygen atoms in total. The number of aliphatic hydroxyl groups excluding tert-OH is 5. The van der Waals surface area contributed by atoms with Crippen molar-refractivity contribution < 1.29 is 44.6 Å². The molecule has 0 aromatic carbocycles. The largest absolute Gasteiger partial charge is 0.394 e. The normalized spacial score (nSPS) is 41.3. The molecule has 14 unspecified atom stereocenters. The number of Topliss-reactive ketones (excluding diaryl/α,β-unsaturated/α-hetero) is 1. The van der Waals surface area contributed by atoms with Crippen LogP contribution in [0.1, 0.15) is 80.6 Å². The Balaban J connectivity index is 2.07. The van der Waals surface area contributed by atoms with E-state index in [9.17, 15) is 35.1 Å². The van der Waals surface area contributed by atoms with Crippen LogP contribution in [0.15, 0.2) is 23.3 Å². The summed E-state index contributed by atoms with van der Waals surface area (Å²) < 4.78 is 12.1. The van der Waals surface area contributed by atoms with Gasteiger partial charge in [-0.25, -0.2) is 0 Å². The van der Waals surface area contributed by atoms with Crippen LogP contribution in [-0.4, -0.2) is 87.1 Å². The molecule has 5 N–H and O–H groups in total. The number of ketones is 1. The van der Waals surface area contributed by atoms with E-state index in [0.29, 0.717) is 18.6 Å². The predicted octanol–water partition coefficient (Wildman–Crippen LogP) is 2.95. The van der Waals surface area contributed by atoms with Gasteiger partial charge in [0, 0.05) is 11.3 Å². The first kappa shape index (κ1) is 35.0. The van der Waals surface area contributed by atoms with Gasteiger partial charge in [0.15, 0.2) is 6.29 Å². The number of fused-ring (bicyclic) bond motifs is 1. The van der Waals surface area contributed by atoms with Gasteiger partial charge in [0.1, 0.15) is 36.5 Å². The first-order valence-electron chi connectivity index (χ1n) is 15.7. The van der Waals surface area contributed by atoms with Crippen molar-refractivity contribution in [2.24, 2.45) is 40.9 Å². The summed E-state index contributed by atoms with van der Waals surface area (Å²) in [5, 5.41) is 52.6. The number of aldehydes is 1. The van der Waals surface area contributed by atoms with E-state index in [0.717, 1.165) is 30.4 Å².